The lowest BCUT2D eigenvalue weighted by Crippen LogP contribution is -2.05. The lowest BCUT2D eigenvalue weighted by atomic mass is 10.3. The molecule has 0 aliphatic heterocycles. The zero-order chi connectivity index (χ0) is 11.9. The third-order valence-electron chi connectivity index (χ3n) is 2.06. The maximum absolute atomic E-state index is 8.66. The van der Waals surface area contributed by atoms with Crippen molar-refractivity contribution in [3.05, 3.63) is 48.0 Å². The van der Waals surface area contributed by atoms with Crippen molar-refractivity contribution < 1.29 is 4.74 Å². The Balaban J connectivity index is 1.88. The van der Waals surface area contributed by atoms with Crippen LogP contribution in [-0.2, 0) is 6.42 Å². The molecule has 2 aromatic rings. The Labute approximate surface area is 98.7 Å². The number of pyridine rings is 1. The van der Waals surface area contributed by atoms with E-state index in [0.29, 0.717) is 18.7 Å². The summed E-state index contributed by atoms with van der Waals surface area (Å²) in [6, 6.07) is 9.40. The molecule has 0 aromatic carbocycles. The Morgan fingerprint density at radius 1 is 1.18 bits per heavy atom. The van der Waals surface area contributed by atoms with E-state index < -0.39 is 0 Å². The highest BCUT2D eigenvalue weighted by molar-refractivity contribution is 5.19. The first-order chi connectivity index (χ1) is 8.38. The summed E-state index contributed by atoms with van der Waals surface area (Å²) in [5.41, 5.74) is 1.25. The van der Waals surface area contributed by atoms with Gasteiger partial charge in [0.05, 0.1) is 6.61 Å². The predicted octanol–water partition coefficient (Wildman–Crippen LogP) is 1.36. The van der Waals surface area contributed by atoms with E-state index in [2.05, 4.69) is 15.0 Å². The van der Waals surface area contributed by atoms with Gasteiger partial charge in [-0.25, -0.2) is 4.98 Å². The van der Waals surface area contributed by atoms with Gasteiger partial charge in [0.15, 0.2) is 0 Å². The molecule has 17 heavy (non-hydrogen) atoms. The molecule has 2 rings (SSSR count). The minimum absolute atomic E-state index is 0.222. The van der Waals surface area contributed by atoms with Crippen LogP contribution >= 0.6 is 0 Å². The van der Waals surface area contributed by atoms with Gasteiger partial charge in [-0.2, -0.15) is 10.2 Å². The lowest BCUT2D eigenvalue weighted by molar-refractivity contribution is 0.294. The highest BCUT2D eigenvalue weighted by Crippen LogP contribution is 2.03. The van der Waals surface area contributed by atoms with Gasteiger partial charge in [0.25, 0.3) is 0 Å². The van der Waals surface area contributed by atoms with Crippen molar-refractivity contribution in [3.8, 4) is 12.1 Å². The van der Waals surface area contributed by atoms with Crippen molar-refractivity contribution in [1.29, 1.82) is 5.26 Å². The van der Waals surface area contributed by atoms with E-state index in [1.54, 1.807) is 6.20 Å². The second-order valence-corrected chi connectivity index (χ2v) is 3.26. The molecule has 0 aliphatic rings. The maximum atomic E-state index is 8.66. The van der Waals surface area contributed by atoms with Crippen LogP contribution in [0.4, 0.5) is 0 Å². The molecule has 0 atom stereocenters. The highest BCUT2D eigenvalue weighted by atomic mass is 16.5. The van der Waals surface area contributed by atoms with E-state index in [-0.39, 0.29) is 6.01 Å². The number of nitriles is 1. The summed E-state index contributed by atoms with van der Waals surface area (Å²) in [6.45, 7) is 0.436. The van der Waals surface area contributed by atoms with E-state index in [9.17, 15) is 0 Å². The molecule has 0 N–H and O–H groups in total. The van der Waals surface area contributed by atoms with Crippen LogP contribution in [0, 0.1) is 11.3 Å². The molecular formula is C12H10N4O. The monoisotopic (exact) mass is 226 g/mol. The minimum Gasteiger partial charge on any atom is -0.463 e. The van der Waals surface area contributed by atoms with Crippen LogP contribution in [0.25, 0.3) is 0 Å². The molecule has 0 bridgehead atoms. The lowest BCUT2D eigenvalue weighted by Gasteiger charge is -2.03. The van der Waals surface area contributed by atoms with E-state index >= 15 is 0 Å². The quantitative estimate of drug-likeness (QED) is 0.787. The fraction of sp³-hybridized carbons (Fsp3) is 0.167. The molecule has 0 radical (unpaired) electrons. The molecule has 84 valence electrons. The van der Waals surface area contributed by atoms with Crippen molar-refractivity contribution >= 4 is 0 Å². The first-order valence-corrected chi connectivity index (χ1v) is 5.14. The maximum Gasteiger partial charge on any atom is 0.317 e. The first-order valence-electron chi connectivity index (χ1n) is 5.14. The van der Waals surface area contributed by atoms with Crippen molar-refractivity contribution in [2.24, 2.45) is 0 Å². The fourth-order valence-electron chi connectivity index (χ4n) is 1.27. The molecule has 2 aromatic heterocycles. The summed E-state index contributed by atoms with van der Waals surface area (Å²) in [5.74, 6) is 0. The largest absolute Gasteiger partial charge is 0.463 e. The Morgan fingerprint density at radius 3 is 2.88 bits per heavy atom. The predicted molar refractivity (Wildman–Crippen MR) is 60.2 cm³/mol. The van der Waals surface area contributed by atoms with Crippen LogP contribution in [0.3, 0.4) is 0 Å². The number of ether oxygens (including phenoxy) is 1. The Hall–Kier alpha value is -2.48. The topological polar surface area (TPSA) is 71.7 Å². The van der Waals surface area contributed by atoms with E-state index in [4.69, 9.17) is 10.00 Å². The first kappa shape index (κ1) is 11.0. The van der Waals surface area contributed by atoms with Gasteiger partial charge in [0, 0.05) is 24.5 Å². The molecule has 0 fully saturated rings. The second kappa shape index (κ2) is 5.56. The van der Waals surface area contributed by atoms with Crippen LogP contribution in [0.1, 0.15) is 11.4 Å². The van der Waals surface area contributed by atoms with E-state index in [0.717, 1.165) is 5.69 Å². The summed E-state index contributed by atoms with van der Waals surface area (Å²) in [6.07, 6.45) is 3.92. The van der Waals surface area contributed by atoms with Crippen LogP contribution in [0.2, 0.25) is 0 Å². The Bertz CT molecular complexity index is 522. The van der Waals surface area contributed by atoms with E-state index in [1.807, 2.05) is 24.3 Å². The van der Waals surface area contributed by atoms with E-state index in [1.165, 1.54) is 12.3 Å². The molecule has 5 nitrogen and oxygen atoms in total. The zero-order valence-electron chi connectivity index (χ0n) is 9.08. The molecule has 0 saturated heterocycles. The number of rotatable bonds is 4. The fourth-order valence-corrected chi connectivity index (χ4v) is 1.27. The summed E-state index contributed by atoms with van der Waals surface area (Å²) in [4.78, 5) is 12.0. The molecule has 0 spiro atoms. The Kier molecular flexibility index (Phi) is 3.61. The summed E-state index contributed by atoms with van der Waals surface area (Å²) in [5, 5.41) is 8.66. The van der Waals surface area contributed by atoms with Crippen molar-refractivity contribution in [1.82, 2.24) is 15.0 Å². The van der Waals surface area contributed by atoms with Gasteiger partial charge in [-0.05, 0) is 18.2 Å². The third-order valence-corrected chi connectivity index (χ3v) is 2.06. The molecule has 2 heterocycles. The van der Waals surface area contributed by atoms with Crippen molar-refractivity contribution in [2.45, 2.75) is 6.42 Å². The number of aromatic nitrogens is 3. The summed E-state index contributed by atoms with van der Waals surface area (Å²) < 4.78 is 5.34. The number of hydrogen-bond acceptors (Lipinski definition) is 5. The SMILES string of the molecule is N#Cc1ccnc(OCCc2ccccn2)n1. The third kappa shape index (κ3) is 3.24. The molecule has 5 heteroatoms. The smallest absolute Gasteiger partial charge is 0.317 e. The molecule has 0 saturated carbocycles. The standard InChI is InChI=1S/C12H10N4O/c13-9-11-4-7-15-12(16-11)17-8-5-10-3-1-2-6-14-10/h1-4,6-7H,5,8H2. The molecule has 0 aliphatic carbocycles. The highest BCUT2D eigenvalue weighted by Gasteiger charge is 2.00. The van der Waals surface area contributed by atoms with Gasteiger partial charge in [-0.15, -0.1) is 0 Å². The minimum atomic E-state index is 0.222. The van der Waals surface area contributed by atoms with Gasteiger partial charge in [0.1, 0.15) is 11.8 Å². The van der Waals surface area contributed by atoms with Gasteiger partial charge < -0.3 is 4.74 Å². The second-order valence-electron chi connectivity index (χ2n) is 3.26. The van der Waals surface area contributed by atoms with Gasteiger partial charge in [-0.3, -0.25) is 4.98 Å². The summed E-state index contributed by atoms with van der Waals surface area (Å²) >= 11 is 0. The van der Waals surface area contributed by atoms with Crippen LogP contribution in [-0.4, -0.2) is 21.6 Å². The zero-order valence-corrected chi connectivity index (χ0v) is 9.08. The normalized spacial score (nSPS) is 9.59. The number of nitrogens with zero attached hydrogens (tertiary/aromatic N) is 4. The van der Waals surface area contributed by atoms with Gasteiger partial charge >= 0.3 is 6.01 Å². The molecule has 0 amide bonds. The van der Waals surface area contributed by atoms with Crippen molar-refractivity contribution in [3.63, 3.8) is 0 Å². The van der Waals surface area contributed by atoms with Crippen LogP contribution in [0.15, 0.2) is 36.7 Å². The molecular weight excluding hydrogens is 216 g/mol. The van der Waals surface area contributed by atoms with Crippen LogP contribution in [0.5, 0.6) is 6.01 Å². The molecule has 0 unspecified atom stereocenters. The van der Waals surface area contributed by atoms with Crippen molar-refractivity contribution in [2.75, 3.05) is 6.61 Å². The van der Waals surface area contributed by atoms with Crippen LogP contribution < -0.4 is 4.74 Å². The number of hydrogen-bond donors (Lipinski definition) is 0. The average Bonchev–Trinajstić information content (AvgIpc) is 2.40. The average molecular weight is 226 g/mol. The van der Waals surface area contributed by atoms with Gasteiger partial charge in [0.2, 0.25) is 0 Å². The Morgan fingerprint density at radius 2 is 2.12 bits per heavy atom. The van der Waals surface area contributed by atoms with Gasteiger partial charge in [-0.1, -0.05) is 6.07 Å². The summed E-state index contributed by atoms with van der Waals surface area (Å²) in [7, 11) is 0.